The Bertz CT molecular complexity index is 510. The van der Waals surface area contributed by atoms with Crippen molar-refractivity contribution >= 4 is 5.78 Å². The zero-order valence-electron chi connectivity index (χ0n) is 13.2. The predicted molar refractivity (Wildman–Crippen MR) is 85.9 cm³/mol. The third-order valence-corrected chi connectivity index (χ3v) is 5.21. The van der Waals surface area contributed by atoms with Crippen LogP contribution in [0, 0.1) is 0 Å². The minimum Gasteiger partial charge on any atom is -0.304 e. The van der Waals surface area contributed by atoms with E-state index in [9.17, 15) is 4.79 Å². The van der Waals surface area contributed by atoms with Crippen LogP contribution in [0.5, 0.6) is 0 Å². The highest BCUT2D eigenvalue weighted by atomic mass is 16.1. The number of nitrogens with zero attached hydrogens (tertiary/aromatic N) is 2. The van der Waals surface area contributed by atoms with Crippen molar-refractivity contribution in [1.82, 2.24) is 9.80 Å². The Morgan fingerprint density at radius 3 is 2.67 bits per heavy atom. The van der Waals surface area contributed by atoms with E-state index < -0.39 is 0 Å². The summed E-state index contributed by atoms with van der Waals surface area (Å²) >= 11 is 0. The van der Waals surface area contributed by atoms with Crippen LogP contribution in [-0.4, -0.2) is 55.4 Å². The molecule has 0 spiro atoms. The smallest absolute Gasteiger partial charge is 0.164 e. The highest BCUT2D eigenvalue weighted by Gasteiger charge is 2.28. The maximum atomic E-state index is 12.8. The van der Waals surface area contributed by atoms with Gasteiger partial charge < -0.3 is 9.80 Å². The standard InChI is InChI=1S/C18H26N2O/c1-19-10-11-20(2)15(13-19)12-18(21)17-9-4-3-8-16(17)14-6-5-7-14/h3-4,8-9,14-15H,5-7,10-13H2,1-2H3. The van der Waals surface area contributed by atoms with E-state index in [0.29, 0.717) is 24.2 Å². The summed E-state index contributed by atoms with van der Waals surface area (Å²) < 4.78 is 0. The molecule has 1 atom stereocenters. The summed E-state index contributed by atoms with van der Waals surface area (Å²) in [6, 6.07) is 8.62. The molecule has 0 radical (unpaired) electrons. The largest absolute Gasteiger partial charge is 0.304 e. The lowest BCUT2D eigenvalue weighted by Gasteiger charge is -2.37. The van der Waals surface area contributed by atoms with Gasteiger partial charge in [0.2, 0.25) is 0 Å². The van der Waals surface area contributed by atoms with E-state index in [2.05, 4.69) is 36.0 Å². The molecule has 2 aliphatic rings. The minimum atomic E-state index is 0.324. The van der Waals surface area contributed by atoms with Gasteiger partial charge in [0.15, 0.2) is 5.78 Å². The minimum absolute atomic E-state index is 0.324. The van der Waals surface area contributed by atoms with Gasteiger partial charge in [-0.3, -0.25) is 4.79 Å². The van der Waals surface area contributed by atoms with Crippen molar-refractivity contribution in [3.05, 3.63) is 35.4 Å². The molecule has 1 unspecified atom stereocenters. The second-order valence-corrected chi connectivity index (χ2v) is 6.74. The first-order chi connectivity index (χ1) is 10.1. The molecule has 0 amide bonds. The zero-order valence-corrected chi connectivity index (χ0v) is 13.2. The second kappa shape index (κ2) is 6.29. The van der Waals surface area contributed by atoms with Gasteiger partial charge in [0, 0.05) is 37.7 Å². The first-order valence-corrected chi connectivity index (χ1v) is 8.16. The Balaban J connectivity index is 1.73. The van der Waals surface area contributed by atoms with Crippen molar-refractivity contribution < 1.29 is 4.79 Å². The van der Waals surface area contributed by atoms with Gasteiger partial charge in [-0.15, -0.1) is 0 Å². The van der Waals surface area contributed by atoms with Crippen LogP contribution in [0.1, 0.15) is 47.5 Å². The van der Waals surface area contributed by atoms with E-state index in [-0.39, 0.29) is 0 Å². The van der Waals surface area contributed by atoms with Crippen molar-refractivity contribution in [1.29, 1.82) is 0 Å². The van der Waals surface area contributed by atoms with Crippen LogP contribution in [-0.2, 0) is 0 Å². The van der Waals surface area contributed by atoms with Gasteiger partial charge in [-0.2, -0.15) is 0 Å². The van der Waals surface area contributed by atoms with Crippen LogP contribution in [0.2, 0.25) is 0 Å². The molecule has 1 aromatic rings. The van der Waals surface area contributed by atoms with E-state index in [1.807, 2.05) is 12.1 Å². The van der Waals surface area contributed by atoms with Crippen LogP contribution in [0.3, 0.4) is 0 Å². The number of piperazine rings is 1. The van der Waals surface area contributed by atoms with Gasteiger partial charge in [-0.25, -0.2) is 0 Å². The van der Waals surface area contributed by atoms with Gasteiger partial charge in [0.05, 0.1) is 0 Å². The lowest BCUT2D eigenvalue weighted by atomic mass is 9.77. The number of hydrogen-bond donors (Lipinski definition) is 0. The third-order valence-electron chi connectivity index (χ3n) is 5.21. The average molecular weight is 286 g/mol. The second-order valence-electron chi connectivity index (χ2n) is 6.74. The summed E-state index contributed by atoms with van der Waals surface area (Å²) in [6.45, 7) is 3.15. The molecule has 1 saturated heterocycles. The molecule has 21 heavy (non-hydrogen) atoms. The molecule has 2 fully saturated rings. The maximum Gasteiger partial charge on any atom is 0.164 e. The quantitative estimate of drug-likeness (QED) is 0.795. The van der Waals surface area contributed by atoms with Crippen LogP contribution >= 0.6 is 0 Å². The summed E-state index contributed by atoms with van der Waals surface area (Å²) in [6.07, 6.45) is 4.45. The molecule has 1 heterocycles. The van der Waals surface area contributed by atoms with E-state index in [1.54, 1.807) is 0 Å². The van der Waals surface area contributed by atoms with Crippen molar-refractivity contribution in [3.8, 4) is 0 Å². The Labute approximate surface area is 127 Å². The first kappa shape index (κ1) is 14.7. The molecule has 114 valence electrons. The van der Waals surface area contributed by atoms with Gasteiger partial charge in [0.25, 0.3) is 0 Å². The molecule has 0 N–H and O–H groups in total. The topological polar surface area (TPSA) is 23.6 Å². The molecular weight excluding hydrogens is 260 g/mol. The number of rotatable bonds is 4. The summed E-state index contributed by atoms with van der Waals surface area (Å²) in [5.41, 5.74) is 2.27. The molecule has 1 saturated carbocycles. The molecule has 1 aliphatic heterocycles. The molecule has 0 bridgehead atoms. The summed E-state index contributed by atoms with van der Waals surface area (Å²) in [7, 11) is 4.29. The fraction of sp³-hybridized carbons (Fsp3) is 0.611. The molecule has 3 nitrogen and oxygen atoms in total. The lowest BCUT2D eigenvalue weighted by Crippen LogP contribution is -2.50. The Hall–Kier alpha value is -1.19. The Morgan fingerprint density at radius 2 is 1.95 bits per heavy atom. The highest BCUT2D eigenvalue weighted by molar-refractivity contribution is 5.98. The van der Waals surface area contributed by atoms with Crippen LogP contribution in [0.15, 0.2) is 24.3 Å². The van der Waals surface area contributed by atoms with Crippen LogP contribution < -0.4 is 0 Å². The maximum absolute atomic E-state index is 12.8. The predicted octanol–water partition coefficient (Wildman–Crippen LogP) is 2.77. The normalized spacial score (nSPS) is 24.8. The SMILES string of the molecule is CN1CCN(C)C(CC(=O)c2ccccc2C2CCC2)C1. The molecular formula is C18H26N2O. The van der Waals surface area contributed by atoms with Crippen molar-refractivity contribution in [3.63, 3.8) is 0 Å². The Morgan fingerprint density at radius 1 is 1.19 bits per heavy atom. The summed E-state index contributed by atoms with van der Waals surface area (Å²) in [4.78, 5) is 17.5. The molecule has 1 aliphatic carbocycles. The number of Topliss-reactive ketones (excluding diaryl/α,β-unsaturated/α-hetero) is 1. The van der Waals surface area contributed by atoms with E-state index in [0.717, 1.165) is 25.2 Å². The van der Waals surface area contributed by atoms with Gasteiger partial charge in [0.1, 0.15) is 0 Å². The van der Waals surface area contributed by atoms with E-state index in [4.69, 9.17) is 0 Å². The summed E-state index contributed by atoms with van der Waals surface area (Å²) in [5.74, 6) is 0.946. The number of hydrogen-bond acceptors (Lipinski definition) is 3. The van der Waals surface area contributed by atoms with E-state index >= 15 is 0 Å². The Kier molecular flexibility index (Phi) is 4.41. The average Bonchev–Trinajstić information content (AvgIpc) is 2.41. The van der Waals surface area contributed by atoms with Crippen LogP contribution in [0.4, 0.5) is 0 Å². The van der Waals surface area contributed by atoms with Gasteiger partial charge >= 0.3 is 0 Å². The lowest BCUT2D eigenvalue weighted by molar-refractivity contribution is 0.0808. The molecule has 0 aromatic heterocycles. The fourth-order valence-electron chi connectivity index (χ4n) is 3.47. The van der Waals surface area contributed by atoms with Gasteiger partial charge in [-0.1, -0.05) is 30.7 Å². The monoisotopic (exact) mass is 286 g/mol. The fourth-order valence-corrected chi connectivity index (χ4v) is 3.47. The zero-order chi connectivity index (χ0) is 14.8. The molecule has 1 aromatic carbocycles. The number of ketones is 1. The van der Waals surface area contributed by atoms with Crippen molar-refractivity contribution in [2.45, 2.75) is 37.6 Å². The number of carbonyl (C=O) groups is 1. The number of carbonyl (C=O) groups excluding carboxylic acids is 1. The highest BCUT2D eigenvalue weighted by Crippen LogP contribution is 2.38. The van der Waals surface area contributed by atoms with Gasteiger partial charge in [-0.05, 0) is 38.4 Å². The molecule has 3 rings (SSSR count). The summed E-state index contributed by atoms with van der Waals surface area (Å²) in [5, 5.41) is 0. The third kappa shape index (κ3) is 3.19. The number of benzene rings is 1. The first-order valence-electron chi connectivity index (χ1n) is 8.16. The molecule has 3 heteroatoms. The van der Waals surface area contributed by atoms with Crippen LogP contribution in [0.25, 0.3) is 0 Å². The van der Waals surface area contributed by atoms with Crippen molar-refractivity contribution in [2.75, 3.05) is 33.7 Å². The van der Waals surface area contributed by atoms with Crippen molar-refractivity contribution in [2.24, 2.45) is 0 Å². The number of likely N-dealkylation sites (N-methyl/N-ethyl adjacent to an activating group) is 2. The van der Waals surface area contributed by atoms with E-state index in [1.165, 1.54) is 24.8 Å².